The number of fused-ring (bicyclic) bond motifs is 1. The number of hydrogen-bond donors (Lipinski definition) is 1. The van der Waals surface area contributed by atoms with E-state index in [4.69, 9.17) is 9.15 Å². The van der Waals surface area contributed by atoms with Crippen LogP contribution in [0.4, 0.5) is 0 Å². The fraction of sp³-hybridized carbons (Fsp3) is 0.333. The molecule has 5 heteroatoms. The second kappa shape index (κ2) is 5.46. The number of ether oxygens (including phenoxy) is 1. The van der Waals surface area contributed by atoms with Gasteiger partial charge in [-0.25, -0.2) is 0 Å². The van der Waals surface area contributed by atoms with Crippen LogP contribution in [0, 0.1) is 0 Å². The van der Waals surface area contributed by atoms with Crippen LogP contribution < -0.4 is 10.7 Å². The Bertz CT molecular complexity index is 686. The van der Waals surface area contributed by atoms with Gasteiger partial charge >= 0.3 is 0 Å². The van der Waals surface area contributed by atoms with Crippen LogP contribution >= 0.6 is 0 Å². The van der Waals surface area contributed by atoms with Gasteiger partial charge in [0.2, 0.25) is 0 Å². The zero-order valence-electron chi connectivity index (χ0n) is 10.9. The van der Waals surface area contributed by atoms with Gasteiger partial charge in [-0.1, -0.05) is 12.1 Å². The second-order valence-corrected chi connectivity index (χ2v) is 4.82. The van der Waals surface area contributed by atoms with Gasteiger partial charge in [0.15, 0.2) is 11.2 Å². The third kappa shape index (κ3) is 2.58. The Morgan fingerprint density at radius 1 is 1.35 bits per heavy atom. The van der Waals surface area contributed by atoms with Crippen molar-refractivity contribution in [3.8, 4) is 0 Å². The maximum atomic E-state index is 12.0. The van der Waals surface area contributed by atoms with Crippen LogP contribution in [-0.2, 0) is 4.74 Å². The Kier molecular flexibility index (Phi) is 3.52. The van der Waals surface area contributed by atoms with Crippen LogP contribution in [0.25, 0.3) is 11.0 Å². The van der Waals surface area contributed by atoms with Crippen molar-refractivity contribution < 1.29 is 13.9 Å². The summed E-state index contributed by atoms with van der Waals surface area (Å²) >= 11 is 0. The molecule has 1 aliphatic heterocycles. The SMILES string of the molecule is O=C(NC[C@@H]1CCCO1)c1cc(=O)c2ccccc2o1. The molecule has 1 aromatic carbocycles. The van der Waals surface area contributed by atoms with Crippen molar-refractivity contribution in [1.29, 1.82) is 0 Å². The summed E-state index contributed by atoms with van der Waals surface area (Å²) in [4.78, 5) is 23.9. The molecule has 0 unspecified atom stereocenters. The topological polar surface area (TPSA) is 68.5 Å². The molecular formula is C15H15NO4. The Hall–Kier alpha value is -2.14. The van der Waals surface area contributed by atoms with Gasteiger partial charge in [-0.2, -0.15) is 0 Å². The van der Waals surface area contributed by atoms with E-state index in [9.17, 15) is 9.59 Å². The summed E-state index contributed by atoms with van der Waals surface area (Å²) in [6, 6.07) is 8.10. The molecule has 0 saturated carbocycles. The number of nitrogens with one attached hydrogen (secondary N) is 1. The second-order valence-electron chi connectivity index (χ2n) is 4.82. The van der Waals surface area contributed by atoms with E-state index in [1.165, 1.54) is 6.07 Å². The highest BCUT2D eigenvalue weighted by molar-refractivity contribution is 5.93. The van der Waals surface area contributed by atoms with Crippen molar-refractivity contribution in [2.24, 2.45) is 0 Å². The zero-order chi connectivity index (χ0) is 13.9. The van der Waals surface area contributed by atoms with E-state index in [2.05, 4.69) is 5.32 Å². The highest BCUT2D eigenvalue weighted by Crippen LogP contribution is 2.13. The average Bonchev–Trinajstić information content (AvgIpc) is 2.98. The van der Waals surface area contributed by atoms with E-state index < -0.39 is 0 Å². The van der Waals surface area contributed by atoms with Gasteiger partial charge in [-0.3, -0.25) is 9.59 Å². The van der Waals surface area contributed by atoms with E-state index in [1.807, 2.05) is 0 Å². The highest BCUT2D eigenvalue weighted by Gasteiger charge is 2.18. The van der Waals surface area contributed by atoms with E-state index in [0.29, 0.717) is 17.5 Å². The largest absolute Gasteiger partial charge is 0.451 e. The molecule has 104 valence electrons. The van der Waals surface area contributed by atoms with Crippen molar-refractivity contribution >= 4 is 16.9 Å². The lowest BCUT2D eigenvalue weighted by Crippen LogP contribution is -2.32. The molecule has 1 fully saturated rings. The first-order chi connectivity index (χ1) is 9.74. The quantitative estimate of drug-likeness (QED) is 0.924. The lowest BCUT2D eigenvalue weighted by atomic mass is 10.2. The van der Waals surface area contributed by atoms with Crippen LogP contribution in [0.1, 0.15) is 23.4 Å². The van der Waals surface area contributed by atoms with Crippen molar-refractivity contribution in [2.75, 3.05) is 13.2 Å². The molecule has 0 radical (unpaired) electrons. The minimum absolute atomic E-state index is 0.0340. The number of benzene rings is 1. The molecule has 5 nitrogen and oxygen atoms in total. The minimum Gasteiger partial charge on any atom is -0.451 e. The molecule has 1 amide bonds. The predicted molar refractivity (Wildman–Crippen MR) is 73.8 cm³/mol. The van der Waals surface area contributed by atoms with E-state index >= 15 is 0 Å². The van der Waals surface area contributed by atoms with E-state index in [0.717, 1.165) is 19.4 Å². The van der Waals surface area contributed by atoms with Gasteiger partial charge in [0, 0.05) is 19.2 Å². The standard InChI is InChI=1S/C15H15NO4/c17-12-8-14(20-13-6-2-1-5-11(12)13)15(18)16-9-10-4-3-7-19-10/h1-2,5-6,8,10H,3-4,7,9H2,(H,16,18)/t10-/m0/s1. The lowest BCUT2D eigenvalue weighted by Gasteiger charge is -2.10. The third-order valence-electron chi connectivity index (χ3n) is 3.37. The first-order valence-corrected chi connectivity index (χ1v) is 6.67. The van der Waals surface area contributed by atoms with Crippen molar-refractivity contribution in [1.82, 2.24) is 5.32 Å². The molecular weight excluding hydrogens is 258 g/mol. The van der Waals surface area contributed by atoms with Gasteiger partial charge in [0.1, 0.15) is 5.58 Å². The average molecular weight is 273 g/mol. The maximum Gasteiger partial charge on any atom is 0.287 e. The summed E-state index contributed by atoms with van der Waals surface area (Å²) in [5.74, 6) is -0.352. The first kappa shape index (κ1) is 12.9. The Balaban J connectivity index is 1.79. The molecule has 2 aromatic rings. The highest BCUT2D eigenvalue weighted by atomic mass is 16.5. The fourth-order valence-corrected chi connectivity index (χ4v) is 2.31. The lowest BCUT2D eigenvalue weighted by molar-refractivity contribution is 0.0835. The van der Waals surface area contributed by atoms with E-state index in [1.54, 1.807) is 24.3 Å². The minimum atomic E-state index is -0.386. The molecule has 20 heavy (non-hydrogen) atoms. The molecule has 0 spiro atoms. The molecule has 1 N–H and O–H groups in total. The molecule has 0 bridgehead atoms. The monoisotopic (exact) mass is 273 g/mol. The number of amides is 1. The molecule has 1 saturated heterocycles. The summed E-state index contributed by atoms with van der Waals surface area (Å²) in [5.41, 5.74) is 0.205. The van der Waals surface area contributed by atoms with E-state index in [-0.39, 0.29) is 23.2 Å². The number of para-hydroxylation sites is 1. The Morgan fingerprint density at radius 2 is 2.20 bits per heavy atom. The number of carbonyl (C=O) groups excluding carboxylic acids is 1. The van der Waals surface area contributed by atoms with Crippen LogP contribution in [0.5, 0.6) is 0 Å². The van der Waals surface area contributed by atoms with Crippen molar-refractivity contribution in [3.05, 3.63) is 46.3 Å². The number of rotatable bonds is 3. The van der Waals surface area contributed by atoms with Gasteiger partial charge in [0.05, 0.1) is 11.5 Å². The van der Waals surface area contributed by atoms with Gasteiger partial charge in [-0.15, -0.1) is 0 Å². The van der Waals surface area contributed by atoms with Crippen molar-refractivity contribution in [3.63, 3.8) is 0 Å². The summed E-state index contributed by atoms with van der Waals surface area (Å²) in [7, 11) is 0. The molecule has 1 aliphatic rings. The molecule has 2 heterocycles. The summed E-state index contributed by atoms with van der Waals surface area (Å²) in [6.07, 6.45) is 2.03. The van der Waals surface area contributed by atoms with Gasteiger partial charge in [0.25, 0.3) is 5.91 Å². The molecule has 0 aliphatic carbocycles. The van der Waals surface area contributed by atoms with Crippen LogP contribution in [0.3, 0.4) is 0 Å². The van der Waals surface area contributed by atoms with Crippen LogP contribution in [-0.4, -0.2) is 25.2 Å². The first-order valence-electron chi connectivity index (χ1n) is 6.67. The normalized spacial score (nSPS) is 18.3. The molecule has 3 rings (SSSR count). The van der Waals surface area contributed by atoms with Crippen LogP contribution in [0.15, 0.2) is 39.5 Å². The zero-order valence-corrected chi connectivity index (χ0v) is 10.9. The Labute approximate surface area is 115 Å². The summed E-state index contributed by atoms with van der Waals surface area (Å²) < 4.78 is 10.9. The maximum absolute atomic E-state index is 12.0. The number of carbonyl (C=O) groups is 1. The van der Waals surface area contributed by atoms with Gasteiger partial charge in [-0.05, 0) is 25.0 Å². The third-order valence-corrected chi connectivity index (χ3v) is 3.37. The fourth-order valence-electron chi connectivity index (χ4n) is 2.31. The number of hydrogen-bond acceptors (Lipinski definition) is 4. The predicted octanol–water partition coefficient (Wildman–Crippen LogP) is 1.70. The van der Waals surface area contributed by atoms with Gasteiger partial charge < -0.3 is 14.5 Å². The molecule has 1 aromatic heterocycles. The Morgan fingerprint density at radius 3 is 3.00 bits per heavy atom. The van der Waals surface area contributed by atoms with Crippen LogP contribution in [0.2, 0.25) is 0 Å². The summed E-state index contributed by atoms with van der Waals surface area (Å²) in [5, 5.41) is 3.21. The summed E-state index contributed by atoms with van der Waals surface area (Å²) in [6.45, 7) is 1.18. The molecule has 1 atom stereocenters. The van der Waals surface area contributed by atoms with Crippen molar-refractivity contribution in [2.45, 2.75) is 18.9 Å². The smallest absolute Gasteiger partial charge is 0.287 e.